The maximum atomic E-state index is 7.23. The van der Waals surface area contributed by atoms with Crippen molar-refractivity contribution in [3.8, 4) is 0 Å². The van der Waals surface area contributed by atoms with Crippen molar-refractivity contribution in [1.29, 1.82) is 0 Å². The molecule has 1 aliphatic heterocycles. The van der Waals surface area contributed by atoms with Crippen LogP contribution in [0.3, 0.4) is 0 Å². The molecule has 2 atom stereocenters. The lowest BCUT2D eigenvalue weighted by atomic mass is 10.1. The molecule has 0 amide bonds. The summed E-state index contributed by atoms with van der Waals surface area (Å²) in [5.74, 6) is 0. The second-order valence-corrected chi connectivity index (χ2v) is 23.4. The van der Waals surface area contributed by atoms with E-state index >= 15 is 0 Å². The fourth-order valence-electron chi connectivity index (χ4n) is 3.62. The highest BCUT2D eigenvalue weighted by molar-refractivity contribution is 7.90. The molecule has 1 aromatic carbocycles. The van der Waals surface area contributed by atoms with Gasteiger partial charge in [0.2, 0.25) is 0 Å². The SMILES string of the molecule is Cc1ccc([C@]2(C)N=NC([Si](C)(C)C)([Si](C)(C)C)[P@@]2Cl)cc1. The van der Waals surface area contributed by atoms with Crippen LogP contribution in [0.2, 0.25) is 39.3 Å². The van der Waals surface area contributed by atoms with Crippen LogP contribution in [0.4, 0.5) is 0 Å². The number of benzene rings is 1. The van der Waals surface area contributed by atoms with Crippen molar-refractivity contribution in [1.82, 2.24) is 0 Å². The Balaban J connectivity index is 2.58. The molecule has 0 radical (unpaired) electrons. The van der Waals surface area contributed by atoms with Gasteiger partial charge in [-0.25, -0.2) is 0 Å². The molecule has 0 saturated heterocycles. The van der Waals surface area contributed by atoms with E-state index in [1.54, 1.807) is 0 Å². The van der Waals surface area contributed by atoms with Crippen molar-refractivity contribution < 1.29 is 0 Å². The summed E-state index contributed by atoms with van der Waals surface area (Å²) in [5.41, 5.74) is 2.48. The van der Waals surface area contributed by atoms with E-state index in [2.05, 4.69) is 77.4 Å². The van der Waals surface area contributed by atoms with Gasteiger partial charge in [-0.15, -0.1) is 0 Å². The van der Waals surface area contributed by atoms with E-state index in [9.17, 15) is 0 Å². The fraction of sp³-hybridized carbons (Fsp3) is 0.625. The summed E-state index contributed by atoms with van der Waals surface area (Å²) in [6.07, 6.45) is 0. The lowest BCUT2D eigenvalue weighted by molar-refractivity contribution is 0.697. The van der Waals surface area contributed by atoms with Crippen molar-refractivity contribution in [2.45, 2.75) is 62.9 Å². The van der Waals surface area contributed by atoms with Gasteiger partial charge in [-0.2, -0.15) is 10.2 Å². The average Bonchev–Trinajstić information content (AvgIpc) is 2.64. The molecule has 0 aliphatic carbocycles. The van der Waals surface area contributed by atoms with Crippen molar-refractivity contribution >= 4 is 34.7 Å². The zero-order valence-corrected chi connectivity index (χ0v) is 18.7. The fourth-order valence-corrected chi connectivity index (χ4v) is 25.6. The molecule has 2 rings (SSSR count). The highest BCUT2D eigenvalue weighted by Crippen LogP contribution is 2.76. The molecule has 0 saturated carbocycles. The number of rotatable bonds is 3. The molecular formula is C16H28ClN2PSi2. The second kappa shape index (κ2) is 5.51. The molecule has 1 aromatic rings. The van der Waals surface area contributed by atoms with Crippen LogP contribution in [0.5, 0.6) is 0 Å². The summed E-state index contributed by atoms with van der Waals surface area (Å²) >= 11 is 7.23. The molecule has 0 N–H and O–H groups in total. The Hall–Kier alpha value is -0.0262. The second-order valence-electron chi connectivity index (χ2n) is 8.54. The molecule has 1 heterocycles. The van der Waals surface area contributed by atoms with Gasteiger partial charge in [0.15, 0.2) is 0 Å². The predicted octanol–water partition coefficient (Wildman–Crippen LogP) is 6.72. The van der Waals surface area contributed by atoms with Gasteiger partial charge in [0.25, 0.3) is 0 Å². The van der Waals surface area contributed by atoms with E-state index in [-0.39, 0.29) is 9.81 Å². The third kappa shape index (κ3) is 2.56. The molecule has 6 heteroatoms. The molecule has 0 aromatic heterocycles. The van der Waals surface area contributed by atoms with E-state index < -0.39 is 23.4 Å². The van der Waals surface area contributed by atoms with Gasteiger partial charge in [0.05, 0.1) is 20.7 Å². The largest absolute Gasteiger partial charge is 0.187 e. The molecule has 122 valence electrons. The van der Waals surface area contributed by atoms with Crippen LogP contribution in [0.15, 0.2) is 34.5 Å². The third-order valence-electron chi connectivity index (χ3n) is 4.75. The monoisotopic (exact) mass is 370 g/mol. The van der Waals surface area contributed by atoms with Gasteiger partial charge in [-0.05, 0) is 19.4 Å². The van der Waals surface area contributed by atoms with E-state index in [0.29, 0.717) is 0 Å². The number of aryl methyl sites for hydroxylation is 1. The third-order valence-corrected chi connectivity index (χ3v) is 23.3. The van der Waals surface area contributed by atoms with Gasteiger partial charge in [-0.1, -0.05) is 80.4 Å². The Morgan fingerprint density at radius 1 is 0.909 bits per heavy atom. The minimum atomic E-state index is -1.61. The van der Waals surface area contributed by atoms with E-state index in [1.165, 1.54) is 11.1 Å². The molecule has 0 spiro atoms. The zero-order chi connectivity index (χ0) is 17.0. The maximum Gasteiger partial charge on any atom is 0.138 e. The summed E-state index contributed by atoms with van der Waals surface area (Å²) in [6, 6.07) is 8.66. The Morgan fingerprint density at radius 3 is 1.73 bits per heavy atom. The highest BCUT2D eigenvalue weighted by Gasteiger charge is 2.66. The Labute approximate surface area is 143 Å². The van der Waals surface area contributed by atoms with Gasteiger partial charge in [-0.3, -0.25) is 0 Å². The summed E-state index contributed by atoms with van der Waals surface area (Å²) in [6.45, 7) is 18.7. The van der Waals surface area contributed by atoms with Crippen LogP contribution in [0.25, 0.3) is 0 Å². The van der Waals surface area contributed by atoms with Crippen LogP contribution in [-0.4, -0.2) is 20.7 Å². The van der Waals surface area contributed by atoms with Crippen molar-refractivity contribution in [2.75, 3.05) is 0 Å². The van der Waals surface area contributed by atoms with E-state index in [4.69, 9.17) is 21.5 Å². The minimum absolute atomic E-state index is 0.0729. The number of halogens is 1. The van der Waals surface area contributed by atoms with Crippen molar-refractivity contribution in [3.63, 3.8) is 0 Å². The first kappa shape index (κ1) is 18.3. The molecule has 0 bridgehead atoms. The predicted molar refractivity (Wildman–Crippen MR) is 106 cm³/mol. The van der Waals surface area contributed by atoms with E-state index in [1.807, 2.05) is 0 Å². The maximum absolute atomic E-state index is 7.23. The van der Waals surface area contributed by atoms with E-state index in [0.717, 1.165) is 0 Å². The zero-order valence-electron chi connectivity index (χ0n) is 15.0. The molecule has 0 unspecified atom stereocenters. The highest BCUT2D eigenvalue weighted by atomic mass is 35.7. The number of nitrogens with zero attached hydrogens (tertiary/aromatic N) is 2. The van der Waals surface area contributed by atoms with Crippen molar-refractivity contribution in [3.05, 3.63) is 35.4 Å². The van der Waals surface area contributed by atoms with Crippen LogP contribution in [0, 0.1) is 6.92 Å². The number of azo groups is 1. The van der Waals surface area contributed by atoms with Gasteiger partial charge >= 0.3 is 0 Å². The lowest BCUT2D eigenvalue weighted by Crippen LogP contribution is -2.62. The molecule has 1 aliphatic rings. The van der Waals surface area contributed by atoms with Gasteiger partial charge < -0.3 is 0 Å². The summed E-state index contributed by atoms with van der Waals surface area (Å²) in [7, 11) is -4.07. The Morgan fingerprint density at radius 2 is 1.36 bits per heavy atom. The Bertz CT molecular complexity index is 576. The van der Waals surface area contributed by atoms with Crippen LogP contribution in [0.1, 0.15) is 18.1 Å². The van der Waals surface area contributed by atoms with Crippen LogP contribution < -0.4 is 0 Å². The average molecular weight is 371 g/mol. The number of hydrogen-bond donors (Lipinski definition) is 0. The quantitative estimate of drug-likeness (QED) is 0.416. The summed E-state index contributed by atoms with van der Waals surface area (Å²) < 4.78 is -0.0729. The lowest BCUT2D eigenvalue weighted by Gasteiger charge is -2.49. The molecule has 0 fully saturated rings. The molecule has 2 nitrogen and oxygen atoms in total. The standard InChI is InChI=1S/C16H28ClN2PSi2/c1-13-9-11-14(12-10-13)15(2)18-19-16(20(15)17,21(3,4)5)22(6,7)8/h9-12H,1-8H3/t15-,20+/m1/s1. The smallest absolute Gasteiger partial charge is 0.138 e. The first-order valence-electron chi connectivity index (χ1n) is 7.83. The topological polar surface area (TPSA) is 24.7 Å². The van der Waals surface area contributed by atoms with Crippen LogP contribution in [-0.2, 0) is 5.28 Å². The summed E-state index contributed by atoms with van der Waals surface area (Å²) in [4.78, 5) is 0. The normalized spacial score (nSPS) is 28.1. The first-order chi connectivity index (χ1) is 9.86. The molecular weight excluding hydrogens is 343 g/mol. The number of hydrogen-bond acceptors (Lipinski definition) is 2. The van der Waals surface area contributed by atoms with Gasteiger partial charge in [0.1, 0.15) is 5.28 Å². The minimum Gasteiger partial charge on any atom is -0.187 e. The van der Waals surface area contributed by atoms with Gasteiger partial charge in [0, 0.05) is 7.27 Å². The summed E-state index contributed by atoms with van der Waals surface area (Å²) in [5, 5.41) is 9.46. The van der Waals surface area contributed by atoms with Crippen LogP contribution >= 0.6 is 18.5 Å². The first-order valence-corrected chi connectivity index (χ1v) is 17.1. The van der Waals surface area contributed by atoms with Crippen molar-refractivity contribution in [2.24, 2.45) is 10.2 Å². The Kier molecular flexibility index (Phi) is 4.59. The molecule has 22 heavy (non-hydrogen) atoms.